The number of aryl methyl sites for hydroxylation is 1. The molecule has 116 valence electrons. The van der Waals surface area contributed by atoms with Crippen molar-refractivity contribution in [1.82, 2.24) is 10.3 Å². The van der Waals surface area contributed by atoms with Crippen molar-refractivity contribution in [1.29, 1.82) is 0 Å². The zero-order chi connectivity index (χ0) is 15.9. The van der Waals surface area contributed by atoms with Gasteiger partial charge in [-0.05, 0) is 30.7 Å². The van der Waals surface area contributed by atoms with Crippen LogP contribution in [0, 0.1) is 12.7 Å². The van der Waals surface area contributed by atoms with Gasteiger partial charge in [-0.1, -0.05) is 12.1 Å². The highest BCUT2D eigenvalue weighted by Gasteiger charge is 2.11. The average Bonchev–Trinajstić information content (AvgIpc) is 2.50. The van der Waals surface area contributed by atoms with Crippen molar-refractivity contribution in [2.24, 2.45) is 0 Å². The number of amides is 1. The van der Waals surface area contributed by atoms with Gasteiger partial charge in [0.1, 0.15) is 24.3 Å². The lowest BCUT2D eigenvalue weighted by Crippen LogP contribution is -2.35. The van der Waals surface area contributed by atoms with E-state index in [1.54, 1.807) is 6.07 Å². The third-order valence-electron chi connectivity index (χ3n) is 2.90. The Morgan fingerprint density at radius 3 is 2.95 bits per heavy atom. The van der Waals surface area contributed by atoms with Gasteiger partial charge in [-0.25, -0.2) is 4.39 Å². The maximum Gasteiger partial charge on any atom is 0.253 e. The number of hydrogen-bond donors (Lipinski definition) is 2. The van der Waals surface area contributed by atoms with Gasteiger partial charge in [0.15, 0.2) is 0 Å². The highest BCUT2D eigenvalue weighted by atomic mass is 19.1. The highest BCUT2D eigenvalue weighted by molar-refractivity contribution is 5.93. The van der Waals surface area contributed by atoms with Crippen molar-refractivity contribution in [3.8, 4) is 5.75 Å². The Morgan fingerprint density at radius 2 is 2.23 bits per heavy atom. The molecule has 1 unspecified atom stereocenters. The van der Waals surface area contributed by atoms with E-state index in [-0.39, 0.29) is 18.7 Å². The van der Waals surface area contributed by atoms with Gasteiger partial charge in [0.25, 0.3) is 5.91 Å². The van der Waals surface area contributed by atoms with E-state index in [0.29, 0.717) is 5.75 Å². The number of nitrogens with one attached hydrogen (secondary N) is 1. The Morgan fingerprint density at radius 1 is 1.41 bits per heavy atom. The number of hydrogen-bond acceptors (Lipinski definition) is 4. The fraction of sp³-hybridized carbons (Fsp3) is 0.250. The van der Waals surface area contributed by atoms with E-state index in [1.165, 1.54) is 6.20 Å². The number of halogens is 1. The largest absolute Gasteiger partial charge is 0.491 e. The molecule has 2 N–H and O–H groups in total. The van der Waals surface area contributed by atoms with Crippen molar-refractivity contribution >= 4 is 5.91 Å². The SMILES string of the molecule is Cc1cccc(OCC(O)CNC(=O)c2cncc(F)c2)c1. The molecule has 0 bridgehead atoms. The topological polar surface area (TPSA) is 71.5 Å². The summed E-state index contributed by atoms with van der Waals surface area (Å²) in [7, 11) is 0. The Labute approximate surface area is 127 Å². The van der Waals surface area contributed by atoms with Gasteiger partial charge in [0, 0.05) is 12.7 Å². The molecular formula is C16H17FN2O3. The number of nitrogens with zero attached hydrogens (tertiary/aromatic N) is 1. The van der Waals surface area contributed by atoms with E-state index >= 15 is 0 Å². The van der Waals surface area contributed by atoms with Gasteiger partial charge in [-0.15, -0.1) is 0 Å². The minimum absolute atomic E-state index is 0.00115. The van der Waals surface area contributed by atoms with Gasteiger partial charge < -0.3 is 15.2 Å². The predicted molar refractivity (Wildman–Crippen MR) is 79.2 cm³/mol. The molecule has 22 heavy (non-hydrogen) atoms. The molecule has 1 amide bonds. The molecule has 0 saturated heterocycles. The van der Waals surface area contributed by atoms with E-state index < -0.39 is 17.8 Å². The second-order valence-electron chi connectivity index (χ2n) is 4.88. The summed E-state index contributed by atoms with van der Waals surface area (Å²) in [5.41, 5.74) is 1.16. The fourth-order valence-electron chi connectivity index (χ4n) is 1.81. The average molecular weight is 304 g/mol. The summed E-state index contributed by atoms with van der Waals surface area (Å²) in [6.45, 7) is 1.99. The molecule has 2 aromatic rings. The van der Waals surface area contributed by atoms with Crippen molar-refractivity contribution < 1.29 is 19.0 Å². The van der Waals surface area contributed by atoms with Crippen LogP contribution in [-0.4, -0.2) is 35.3 Å². The number of aliphatic hydroxyl groups excluding tert-OH is 1. The number of carbonyl (C=O) groups excluding carboxylic acids is 1. The van der Waals surface area contributed by atoms with Crippen LogP contribution in [-0.2, 0) is 0 Å². The monoisotopic (exact) mass is 304 g/mol. The Balaban J connectivity index is 1.78. The number of benzene rings is 1. The van der Waals surface area contributed by atoms with Crippen molar-refractivity contribution in [3.05, 3.63) is 59.7 Å². The van der Waals surface area contributed by atoms with Crippen LogP contribution in [0.5, 0.6) is 5.75 Å². The lowest BCUT2D eigenvalue weighted by atomic mass is 10.2. The molecule has 1 atom stereocenters. The second kappa shape index (κ2) is 7.51. The minimum Gasteiger partial charge on any atom is -0.491 e. The first-order valence-corrected chi connectivity index (χ1v) is 6.81. The van der Waals surface area contributed by atoms with E-state index in [1.807, 2.05) is 25.1 Å². The summed E-state index contributed by atoms with van der Waals surface area (Å²) >= 11 is 0. The van der Waals surface area contributed by atoms with E-state index in [9.17, 15) is 14.3 Å². The summed E-state index contributed by atoms with van der Waals surface area (Å²) in [5.74, 6) is -0.433. The third-order valence-corrected chi connectivity index (χ3v) is 2.90. The van der Waals surface area contributed by atoms with Gasteiger partial charge in [-0.2, -0.15) is 0 Å². The van der Waals surface area contributed by atoms with Crippen molar-refractivity contribution in [3.63, 3.8) is 0 Å². The van der Waals surface area contributed by atoms with Gasteiger partial charge in [0.2, 0.25) is 0 Å². The Kier molecular flexibility index (Phi) is 5.43. The quantitative estimate of drug-likeness (QED) is 0.852. The number of rotatable bonds is 6. The summed E-state index contributed by atoms with van der Waals surface area (Å²) in [5, 5.41) is 12.3. The number of aromatic nitrogens is 1. The van der Waals surface area contributed by atoms with Crippen molar-refractivity contribution in [2.75, 3.05) is 13.2 Å². The highest BCUT2D eigenvalue weighted by Crippen LogP contribution is 2.12. The summed E-state index contributed by atoms with van der Waals surface area (Å²) < 4.78 is 18.4. The molecule has 0 spiro atoms. The number of aliphatic hydroxyl groups is 1. The molecule has 0 saturated carbocycles. The van der Waals surface area contributed by atoms with Crippen LogP contribution in [0.15, 0.2) is 42.7 Å². The van der Waals surface area contributed by atoms with E-state index in [2.05, 4.69) is 10.3 Å². The zero-order valence-corrected chi connectivity index (χ0v) is 12.1. The van der Waals surface area contributed by atoms with Crippen LogP contribution in [0.2, 0.25) is 0 Å². The first kappa shape index (κ1) is 15.9. The van der Waals surface area contributed by atoms with E-state index in [0.717, 1.165) is 17.8 Å². The maximum atomic E-state index is 13.0. The summed E-state index contributed by atoms with van der Waals surface area (Å²) in [4.78, 5) is 15.3. The molecule has 5 nitrogen and oxygen atoms in total. The molecule has 0 radical (unpaired) electrons. The van der Waals surface area contributed by atoms with Crippen LogP contribution in [0.1, 0.15) is 15.9 Å². The summed E-state index contributed by atoms with van der Waals surface area (Å²) in [6, 6.07) is 8.52. The van der Waals surface area contributed by atoms with E-state index in [4.69, 9.17) is 4.74 Å². The minimum atomic E-state index is -0.869. The van der Waals surface area contributed by atoms with Crippen LogP contribution >= 0.6 is 0 Å². The predicted octanol–water partition coefficient (Wildman–Crippen LogP) is 1.70. The fourth-order valence-corrected chi connectivity index (χ4v) is 1.81. The first-order valence-electron chi connectivity index (χ1n) is 6.81. The molecule has 1 aromatic carbocycles. The molecule has 6 heteroatoms. The molecule has 0 fully saturated rings. The molecule has 0 aliphatic heterocycles. The maximum absolute atomic E-state index is 13.0. The lowest BCUT2D eigenvalue weighted by Gasteiger charge is -2.13. The molecular weight excluding hydrogens is 287 g/mol. The molecule has 1 aromatic heterocycles. The van der Waals surface area contributed by atoms with Gasteiger partial charge in [-0.3, -0.25) is 9.78 Å². The first-order chi connectivity index (χ1) is 10.5. The lowest BCUT2D eigenvalue weighted by molar-refractivity contribution is 0.0843. The number of ether oxygens (including phenoxy) is 1. The normalized spacial score (nSPS) is 11.8. The molecule has 1 heterocycles. The third kappa shape index (κ3) is 4.82. The van der Waals surface area contributed by atoms with Crippen LogP contribution in [0.3, 0.4) is 0 Å². The van der Waals surface area contributed by atoms with Gasteiger partial charge in [0.05, 0.1) is 11.8 Å². The van der Waals surface area contributed by atoms with Gasteiger partial charge >= 0.3 is 0 Å². The summed E-state index contributed by atoms with van der Waals surface area (Å²) in [6.07, 6.45) is 1.40. The zero-order valence-electron chi connectivity index (χ0n) is 12.1. The Hall–Kier alpha value is -2.47. The number of pyridine rings is 1. The smallest absolute Gasteiger partial charge is 0.253 e. The standard InChI is InChI=1S/C16H17FN2O3/c1-11-3-2-4-15(5-11)22-10-14(20)9-19-16(21)12-6-13(17)8-18-7-12/h2-8,14,20H,9-10H2,1H3,(H,19,21). The van der Waals surface area contributed by atoms with Crippen LogP contribution in [0.4, 0.5) is 4.39 Å². The molecule has 0 aliphatic rings. The molecule has 0 aliphatic carbocycles. The number of carbonyl (C=O) groups is 1. The second-order valence-corrected chi connectivity index (χ2v) is 4.88. The van der Waals surface area contributed by atoms with Crippen molar-refractivity contribution in [2.45, 2.75) is 13.0 Å². The van der Waals surface area contributed by atoms with Crippen LogP contribution < -0.4 is 10.1 Å². The van der Waals surface area contributed by atoms with Crippen LogP contribution in [0.25, 0.3) is 0 Å². The Bertz CT molecular complexity index is 649. The molecule has 2 rings (SSSR count).